The van der Waals surface area contributed by atoms with Crippen LogP contribution >= 0.6 is 11.5 Å². The van der Waals surface area contributed by atoms with Gasteiger partial charge in [-0.2, -0.15) is 4.37 Å². The van der Waals surface area contributed by atoms with Crippen LogP contribution in [0.3, 0.4) is 0 Å². The number of nitrogens with zero attached hydrogens (tertiary/aromatic N) is 1. The molecule has 1 aliphatic rings. The Kier molecular flexibility index (Phi) is 2.34. The van der Waals surface area contributed by atoms with E-state index in [0.29, 0.717) is 5.69 Å². The lowest BCUT2D eigenvalue weighted by Crippen LogP contribution is -2.29. The van der Waals surface area contributed by atoms with Gasteiger partial charge in [0, 0.05) is 17.8 Å². The van der Waals surface area contributed by atoms with Gasteiger partial charge in [-0.15, -0.1) is 0 Å². The van der Waals surface area contributed by atoms with Gasteiger partial charge in [-0.3, -0.25) is 0 Å². The van der Waals surface area contributed by atoms with Crippen molar-refractivity contribution in [2.45, 2.75) is 19.0 Å². The minimum Gasteiger partial charge on any atom is -0.316 e. The third kappa shape index (κ3) is 1.60. The van der Waals surface area contributed by atoms with Gasteiger partial charge in [0.15, 0.2) is 5.67 Å². The van der Waals surface area contributed by atoms with E-state index in [1.807, 2.05) is 5.38 Å². The molecule has 0 spiro atoms. The monoisotopic (exact) mass is 200 g/mol. The zero-order valence-corrected chi connectivity index (χ0v) is 8.40. The molecule has 1 saturated heterocycles. The van der Waals surface area contributed by atoms with E-state index in [1.54, 1.807) is 13.0 Å². The zero-order valence-electron chi connectivity index (χ0n) is 7.59. The second kappa shape index (κ2) is 3.35. The molecular formula is C9H13FN2S. The number of halogens is 1. The summed E-state index contributed by atoms with van der Waals surface area (Å²) in [6, 6.07) is 1.78. The second-order valence-electron chi connectivity index (χ2n) is 3.65. The summed E-state index contributed by atoms with van der Waals surface area (Å²) in [6.45, 7) is 3.33. The van der Waals surface area contributed by atoms with Gasteiger partial charge < -0.3 is 5.32 Å². The molecule has 2 nitrogen and oxygen atoms in total. The molecule has 13 heavy (non-hydrogen) atoms. The maximum absolute atomic E-state index is 14.3. The minimum absolute atomic E-state index is 0.0783. The summed E-state index contributed by atoms with van der Waals surface area (Å²) in [4.78, 5) is 0. The molecule has 0 radical (unpaired) electrons. The van der Waals surface area contributed by atoms with Crippen LogP contribution in [0.25, 0.3) is 0 Å². The van der Waals surface area contributed by atoms with Crippen molar-refractivity contribution in [3.05, 3.63) is 17.1 Å². The molecule has 2 atom stereocenters. The summed E-state index contributed by atoms with van der Waals surface area (Å²) in [7, 11) is 0. The third-order valence-electron chi connectivity index (χ3n) is 2.77. The van der Waals surface area contributed by atoms with E-state index in [-0.39, 0.29) is 5.92 Å². The number of rotatable bonds is 2. The van der Waals surface area contributed by atoms with Crippen LogP contribution in [0.1, 0.15) is 19.0 Å². The van der Waals surface area contributed by atoms with Crippen LogP contribution in [0, 0.1) is 5.92 Å². The van der Waals surface area contributed by atoms with Crippen LogP contribution in [-0.4, -0.2) is 17.5 Å². The molecule has 72 valence electrons. The smallest absolute Gasteiger partial charge is 0.155 e. The van der Waals surface area contributed by atoms with Gasteiger partial charge >= 0.3 is 0 Å². The molecule has 1 fully saturated rings. The topological polar surface area (TPSA) is 24.9 Å². The summed E-state index contributed by atoms with van der Waals surface area (Å²) in [5, 5.41) is 5.00. The first-order valence-electron chi connectivity index (χ1n) is 4.52. The van der Waals surface area contributed by atoms with Gasteiger partial charge in [-0.1, -0.05) is 0 Å². The molecule has 4 heteroatoms. The molecule has 0 saturated carbocycles. The van der Waals surface area contributed by atoms with Gasteiger partial charge in [0.25, 0.3) is 0 Å². The number of alkyl halides is 1. The SMILES string of the molecule is CC(F)(c1ccsn1)C1CCNC1. The summed E-state index contributed by atoms with van der Waals surface area (Å²) in [5.74, 6) is 0.0783. The zero-order chi connectivity index (χ0) is 9.31. The quantitative estimate of drug-likeness (QED) is 0.789. The normalized spacial score (nSPS) is 27.4. The number of hydrogen-bond donors (Lipinski definition) is 1. The summed E-state index contributed by atoms with van der Waals surface area (Å²) >= 11 is 1.31. The summed E-state index contributed by atoms with van der Waals surface area (Å²) in [5.41, 5.74) is -0.671. The van der Waals surface area contributed by atoms with Crippen LogP contribution in [-0.2, 0) is 5.67 Å². The number of hydrogen-bond acceptors (Lipinski definition) is 3. The number of aromatic nitrogens is 1. The minimum atomic E-state index is -1.26. The highest BCUT2D eigenvalue weighted by atomic mass is 32.1. The van der Waals surface area contributed by atoms with Crippen molar-refractivity contribution in [3.63, 3.8) is 0 Å². The van der Waals surface area contributed by atoms with Crippen LogP contribution < -0.4 is 5.32 Å². The molecule has 2 rings (SSSR count). The van der Waals surface area contributed by atoms with Gasteiger partial charge in [0.05, 0.1) is 5.69 Å². The van der Waals surface area contributed by atoms with Gasteiger partial charge in [-0.05, 0) is 37.5 Å². The first-order valence-corrected chi connectivity index (χ1v) is 5.35. The van der Waals surface area contributed by atoms with Crippen LogP contribution in [0.15, 0.2) is 11.4 Å². The highest BCUT2D eigenvalue weighted by molar-refractivity contribution is 7.03. The van der Waals surface area contributed by atoms with E-state index in [1.165, 1.54) is 11.5 Å². The molecule has 1 aromatic heterocycles. The Labute approximate surface area is 81.3 Å². The Morgan fingerprint density at radius 3 is 3.15 bits per heavy atom. The van der Waals surface area contributed by atoms with E-state index in [0.717, 1.165) is 19.5 Å². The highest BCUT2D eigenvalue weighted by Crippen LogP contribution is 2.36. The fourth-order valence-electron chi connectivity index (χ4n) is 1.79. The Hall–Kier alpha value is -0.480. The highest BCUT2D eigenvalue weighted by Gasteiger charge is 2.39. The van der Waals surface area contributed by atoms with E-state index < -0.39 is 5.67 Å². The second-order valence-corrected chi connectivity index (χ2v) is 4.32. The molecule has 0 amide bonds. The lowest BCUT2D eigenvalue weighted by Gasteiger charge is -2.24. The van der Waals surface area contributed by atoms with Crippen molar-refractivity contribution in [1.82, 2.24) is 9.69 Å². The fraction of sp³-hybridized carbons (Fsp3) is 0.667. The molecular weight excluding hydrogens is 187 g/mol. The van der Waals surface area contributed by atoms with E-state index in [2.05, 4.69) is 9.69 Å². The van der Waals surface area contributed by atoms with Crippen LogP contribution in [0.2, 0.25) is 0 Å². The van der Waals surface area contributed by atoms with Crippen LogP contribution in [0.5, 0.6) is 0 Å². The predicted molar refractivity (Wildman–Crippen MR) is 51.6 cm³/mol. The maximum atomic E-state index is 14.3. The van der Waals surface area contributed by atoms with Crippen molar-refractivity contribution < 1.29 is 4.39 Å². The first kappa shape index (κ1) is 9.09. The standard InChI is InChI=1S/C9H13FN2S/c1-9(10,7-2-4-11-6-7)8-3-5-13-12-8/h3,5,7,11H,2,4,6H2,1H3. The van der Waals surface area contributed by atoms with E-state index in [9.17, 15) is 4.39 Å². The molecule has 2 heterocycles. The Morgan fingerprint density at radius 1 is 1.77 bits per heavy atom. The maximum Gasteiger partial charge on any atom is 0.155 e. The van der Waals surface area contributed by atoms with Gasteiger partial charge in [0.1, 0.15) is 0 Å². The Bertz CT molecular complexity index is 265. The third-order valence-corrected chi connectivity index (χ3v) is 3.33. The lowest BCUT2D eigenvalue weighted by molar-refractivity contribution is 0.108. The van der Waals surface area contributed by atoms with Crippen molar-refractivity contribution in [2.75, 3.05) is 13.1 Å². The van der Waals surface area contributed by atoms with Crippen molar-refractivity contribution in [3.8, 4) is 0 Å². The molecule has 1 aliphatic heterocycles. The molecule has 2 unspecified atom stereocenters. The lowest BCUT2D eigenvalue weighted by atomic mass is 9.87. The Balaban J connectivity index is 2.19. The van der Waals surface area contributed by atoms with Gasteiger partial charge in [0.2, 0.25) is 0 Å². The van der Waals surface area contributed by atoms with E-state index in [4.69, 9.17) is 0 Å². The van der Waals surface area contributed by atoms with Crippen molar-refractivity contribution >= 4 is 11.5 Å². The predicted octanol–water partition coefficient (Wildman–Crippen LogP) is 1.94. The van der Waals surface area contributed by atoms with E-state index >= 15 is 0 Å². The number of nitrogens with one attached hydrogen (secondary N) is 1. The average Bonchev–Trinajstić information content (AvgIpc) is 2.78. The van der Waals surface area contributed by atoms with Gasteiger partial charge in [-0.25, -0.2) is 4.39 Å². The first-order chi connectivity index (χ1) is 6.21. The summed E-state index contributed by atoms with van der Waals surface area (Å²) < 4.78 is 18.3. The molecule has 0 bridgehead atoms. The summed E-state index contributed by atoms with van der Waals surface area (Å²) in [6.07, 6.45) is 0.907. The molecule has 0 aliphatic carbocycles. The molecule has 0 aromatic carbocycles. The molecule has 1 aromatic rings. The fourth-order valence-corrected chi connectivity index (χ4v) is 2.39. The van der Waals surface area contributed by atoms with Crippen molar-refractivity contribution in [1.29, 1.82) is 0 Å². The van der Waals surface area contributed by atoms with Crippen LogP contribution in [0.4, 0.5) is 4.39 Å². The molecule has 1 N–H and O–H groups in total. The average molecular weight is 200 g/mol. The largest absolute Gasteiger partial charge is 0.316 e. The Morgan fingerprint density at radius 2 is 2.62 bits per heavy atom. The van der Waals surface area contributed by atoms with Crippen molar-refractivity contribution in [2.24, 2.45) is 5.92 Å².